The van der Waals surface area contributed by atoms with Gasteiger partial charge in [-0.15, -0.1) is 0 Å². The van der Waals surface area contributed by atoms with Crippen LogP contribution in [-0.2, 0) is 16.6 Å². The molecule has 0 unspecified atom stereocenters. The number of nitriles is 1. The lowest BCUT2D eigenvalue weighted by Gasteiger charge is -2.36. The van der Waals surface area contributed by atoms with E-state index in [0.29, 0.717) is 53.0 Å². The largest absolute Gasteiger partial charge is 0.351 e. The van der Waals surface area contributed by atoms with Crippen molar-refractivity contribution in [3.63, 3.8) is 0 Å². The molecule has 1 saturated heterocycles. The molecule has 0 amide bonds. The van der Waals surface area contributed by atoms with E-state index in [1.807, 2.05) is 6.92 Å². The lowest BCUT2D eigenvalue weighted by Crippen LogP contribution is -2.48. The standard InChI is InChI=1S/C25H29ClN8O2S/c1-16-14-33(37(35,36)20-4-5-20)8-7-22(16)31-25-29-12-18(10-27)24(32-25)19-13-30-34(15-19)23-6-3-17(11-28-2)9-21(23)26/h3,6,9,12-13,15-16,20,22,28H,4-5,7-8,11,14H2,1-2H3,(H,29,31,32)/t16-,22+/m1/s1/i2D3. The molecule has 1 saturated carbocycles. The average molecular weight is 544 g/mol. The molecular weight excluding hydrogens is 512 g/mol. The van der Waals surface area contributed by atoms with Gasteiger partial charge < -0.3 is 10.6 Å². The molecular formula is C25H29ClN8O2S. The molecule has 194 valence electrons. The molecule has 0 radical (unpaired) electrons. The minimum atomic E-state index is -3.21. The fraction of sp³-hybridized carbons (Fsp3) is 0.440. The highest BCUT2D eigenvalue weighted by atomic mass is 35.5. The van der Waals surface area contributed by atoms with Gasteiger partial charge in [-0.3, -0.25) is 0 Å². The molecule has 2 N–H and O–H groups in total. The van der Waals surface area contributed by atoms with Crippen molar-refractivity contribution in [1.82, 2.24) is 29.4 Å². The Morgan fingerprint density at radius 2 is 2.14 bits per heavy atom. The van der Waals surface area contributed by atoms with Crippen LogP contribution in [0.1, 0.15) is 41.4 Å². The van der Waals surface area contributed by atoms with Crippen molar-refractivity contribution >= 4 is 27.6 Å². The van der Waals surface area contributed by atoms with Gasteiger partial charge in [-0.05, 0) is 49.9 Å². The number of rotatable bonds is 8. The van der Waals surface area contributed by atoms with Gasteiger partial charge in [0.25, 0.3) is 0 Å². The Morgan fingerprint density at radius 1 is 1.30 bits per heavy atom. The highest BCUT2D eigenvalue weighted by Crippen LogP contribution is 2.34. The van der Waals surface area contributed by atoms with Crippen molar-refractivity contribution in [2.75, 3.05) is 25.4 Å². The van der Waals surface area contributed by atoms with E-state index in [1.165, 1.54) is 6.20 Å². The normalized spacial score (nSPS) is 22.0. The lowest BCUT2D eigenvalue weighted by atomic mass is 9.95. The summed E-state index contributed by atoms with van der Waals surface area (Å²) < 4.78 is 50.3. The summed E-state index contributed by atoms with van der Waals surface area (Å²) in [6.07, 6.45) is 6.86. The maximum Gasteiger partial charge on any atom is 0.223 e. The summed E-state index contributed by atoms with van der Waals surface area (Å²) in [5.74, 6) is 0.397. The molecule has 1 aliphatic heterocycles. The summed E-state index contributed by atoms with van der Waals surface area (Å²) in [5, 5.41) is 20.0. The third-order valence-corrected chi connectivity index (χ3v) is 9.47. The number of hydrogen-bond donors (Lipinski definition) is 2. The van der Waals surface area contributed by atoms with E-state index in [2.05, 4.69) is 31.8 Å². The molecule has 0 bridgehead atoms. The van der Waals surface area contributed by atoms with Crippen molar-refractivity contribution in [1.29, 1.82) is 5.26 Å². The van der Waals surface area contributed by atoms with Gasteiger partial charge in [0.05, 0.1) is 39.6 Å². The Labute approximate surface area is 225 Å². The molecule has 3 heterocycles. The quantitative estimate of drug-likeness (QED) is 0.443. The Hall–Kier alpha value is -3.04. The van der Waals surface area contributed by atoms with Gasteiger partial charge in [0.2, 0.25) is 16.0 Å². The number of sulfonamides is 1. The maximum absolute atomic E-state index is 12.6. The van der Waals surface area contributed by atoms with E-state index >= 15 is 0 Å². The molecule has 1 aromatic carbocycles. The Balaban J connectivity index is 1.31. The van der Waals surface area contributed by atoms with Crippen LogP contribution < -0.4 is 10.6 Å². The Kier molecular flexibility index (Phi) is 6.17. The molecule has 2 aromatic heterocycles. The molecule has 2 aliphatic rings. The van der Waals surface area contributed by atoms with Crippen molar-refractivity contribution < 1.29 is 12.5 Å². The van der Waals surface area contributed by atoms with Crippen LogP contribution in [0.5, 0.6) is 0 Å². The number of aromatic nitrogens is 4. The number of anilines is 1. The zero-order valence-electron chi connectivity index (χ0n) is 23.2. The second-order valence-corrected chi connectivity index (χ2v) is 12.1. The van der Waals surface area contributed by atoms with Gasteiger partial charge >= 0.3 is 0 Å². The summed E-state index contributed by atoms with van der Waals surface area (Å²) in [4.78, 5) is 8.94. The fourth-order valence-electron chi connectivity index (χ4n) is 4.57. The van der Waals surface area contributed by atoms with Crippen molar-refractivity contribution in [2.45, 2.75) is 44.0 Å². The molecule has 5 rings (SSSR count). The summed E-state index contributed by atoms with van der Waals surface area (Å²) in [6, 6.07) is 7.28. The Bertz CT molecular complexity index is 1550. The lowest BCUT2D eigenvalue weighted by molar-refractivity contribution is 0.260. The van der Waals surface area contributed by atoms with E-state index in [1.54, 1.807) is 39.6 Å². The van der Waals surface area contributed by atoms with Crippen LogP contribution in [0.2, 0.25) is 5.02 Å². The first-order valence-corrected chi connectivity index (χ1v) is 13.9. The first-order chi connectivity index (χ1) is 18.9. The van der Waals surface area contributed by atoms with E-state index in [4.69, 9.17) is 15.7 Å². The number of nitrogens with zero attached hydrogens (tertiary/aromatic N) is 6. The minimum Gasteiger partial charge on any atom is -0.351 e. The molecule has 12 heteroatoms. The highest BCUT2D eigenvalue weighted by molar-refractivity contribution is 7.90. The van der Waals surface area contributed by atoms with Crippen molar-refractivity contribution in [2.24, 2.45) is 5.92 Å². The monoisotopic (exact) mass is 543 g/mol. The molecule has 2 atom stereocenters. The number of halogens is 1. The van der Waals surface area contributed by atoms with E-state index in [-0.39, 0.29) is 29.3 Å². The van der Waals surface area contributed by atoms with Crippen LogP contribution in [0.25, 0.3) is 16.9 Å². The van der Waals surface area contributed by atoms with Gasteiger partial charge in [0, 0.05) is 41.5 Å². The first kappa shape index (κ1) is 22.0. The van der Waals surface area contributed by atoms with E-state index in [0.717, 1.165) is 12.8 Å². The smallest absolute Gasteiger partial charge is 0.223 e. The number of benzene rings is 1. The Morgan fingerprint density at radius 3 is 2.84 bits per heavy atom. The zero-order chi connectivity index (χ0) is 28.7. The van der Waals surface area contributed by atoms with Crippen LogP contribution in [0.3, 0.4) is 0 Å². The summed E-state index contributed by atoms with van der Waals surface area (Å²) in [7, 11) is -3.21. The van der Waals surface area contributed by atoms with Gasteiger partial charge in [-0.2, -0.15) is 10.4 Å². The fourth-order valence-corrected chi connectivity index (χ4v) is 6.82. The van der Waals surface area contributed by atoms with Crippen LogP contribution in [0.4, 0.5) is 5.95 Å². The number of piperidine rings is 1. The molecule has 1 aliphatic carbocycles. The van der Waals surface area contributed by atoms with Crippen LogP contribution in [0, 0.1) is 17.2 Å². The number of hydrogen-bond acceptors (Lipinski definition) is 8. The second kappa shape index (κ2) is 10.4. The van der Waals surface area contributed by atoms with Crippen LogP contribution in [-0.4, -0.2) is 63.8 Å². The average Bonchev–Trinajstić information content (AvgIpc) is 3.67. The first-order valence-electron chi connectivity index (χ1n) is 13.6. The van der Waals surface area contributed by atoms with E-state index < -0.39 is 17.0 Å². The van der Waals surface area contributed by atoms with Gasteiger partial charge in [0.15, 0.2) is 0 Å². The number of nitrogens with one attached hydrogen (secondary N) is 2. The van der Waals surface area contributed by atoms with Gasteiger partial charge in [0.1, 0.15) is 6.07 Å². The highest BCUT2D eigenvalue weighted by Gasteiger charge is 2.42. The maximum atomic E-state index is 12.6. The second-order valence-electron chi connectivity index (χ2n) is 9.50. The third-order valence-electron chi connectivity index (χ3n) is 6.80. The molecule has 10 nitrogen and oxygen atoms in total. The van der Waals surface area contributed by atoms with E-state index in [9.17, 15) is 13.7 Å². The molecule has 3 aromatic rings. The van der Waals surface area contributed by atoms with Crippen LogP contribution in [0.15, 0.2) is 36.8 Å². The van der Waals surface area contributed by atoms with Gasteiger partial charge in [-0.25, -0.2) is 27.4 Å². The zero-order valence-corrected chi connectivity index (χ0v) is 21.8. The summed E-state index contributed by atoms with van der Waals surface area (Å²) in [5.41, 5.74) is 2.56. The minimum absolute atomic E-state index is 0.0220. The summed E-state index contributed by atoms with van der Waals surface area (Å²) in [6.45, 7) is 0.782. The third kappa shape index (κ3) is 5.33. The van der Waals surface area contributed by atoms with Crippen LogP contribution >= 0.6 is 11.6 Å². The SMILES string of the molecule is [2H]C([2H])([2H])NCc1ccc(-n2cc(-c3nc(N[C@H]4CCN(S(=O)(=O)C5CC5)C[C@H]4C)ncc3C#N)cn2)c(Cl)c1. The molecule has 2 fully saturated rings. The molecule has 0 spiro atoms. The predicted octanol–water partition coefficient (Wildman–Crippen LogP) is 3.19. The van der Waals surface area contributed by atoms with Crippen molar-refractivity contribution in [3.8, 4) is 23.0 Å². The molecule has 37 heavy (non-hydrogen) atoms. The van der Waals surface area contributed by atoms with Crippen molar-refractivity contribution in [3.05, 3.63) is 52.9 Å². The predicted molar refractivity (Wildman–Crippen MR) is 142 cm³/mol. The summed E-state index contributed by atoms with van der Waals surface area (Å²) >= 11 is 6.48. The topological polar surface area (TPSA) is 129 Å². The van der Waals surface area contributed by atoms with Gasteiger partial charge in [-0.1, -0.05) is 24.6 Å².